The van der Waals surface area contributed by atoms with Gasteiger partial charge in [-0.05, 0) is 61.6 Å². The summed E-state index contributed by atoms with van der Waals surface area (Å²) in [5.41, 5.74) is 2.27. The number of ketones is 1. The first-order chi connectivity index (χ1) is 12.5. The van der Waals surface area contributed by atoms with E-state index in [0.717, 1.165) is 25.3 Å². The maximum atomic E-state index is 13.2. The number of likely N-dealkylation sites (tertiary alicyclic amines) is 1. The number of piperidine rings is 1. The average molecular weight is 353 g/mol. The third kappa shape index (κ3) is 1.68. The zero-order valence-corrected chi connectivity index (χ0v) is 15.6. The van der Waals surface area contributed by atoms with E-state index >= 15 is 0 Å². The van der Waals surface area contributed by atoms with Crippen LogP contribution in [0.3, 0.4) is 0 Å². The van der Waals surface area contributed by atoms with Gasteiger partial charge in [0.15, 0.2) is 23.4 Å². The molecule has 0 amide bonds. The van der Waals surface area contributed by atoms with E-state index in [2.05, 4.69) is 24.8 Å². The fourth-order valence-corrected chi connectivity index (χ4v) is 6.88. The van der Waals surface area contributed by atoms with E-state index < -0.39 is 6.10 Å². The Morgan fingerprint density at radius 3 is 2.88 bits per heavy atom. The summed E-state index contributed by atoms with van der Waals surface area (Å²) in [5, 5.41) is 10.5. The van der Waals surface area contributed by atoms with E-state index in [1.54, 1.807) is 6.07 Å². The summed E-state index contributed by atoms with van der Waals surface area (Å²) in [6.45, 7) is 6.64. The summed E-state index contributed by atoms with van der Waals surface area (Å²) in [7, 11) is 0. The number of Topliss-reactive ketones (excluding diaryl/α,β-unsaturated/α-hetero) is 1. The predicted molar refractivity (Wildman–Crippen MR) is 97.4 cm³/mol. The number of nitrogens with zero attached hydrogens (tertiary/aromatic N) is 1. The molecule has 6 atom stereocenters. The van der Waals surface area contributed by atoms with Gasteiger partial charge in [-0.25, -0.2) is 0 Å². The first-order valence-corrected chi connectivity index (χ1v) is 10.3. The van der Waals surface area contributed by atoms with Crippen LogP contribution < -0.4 is 4.74 Å². The van der Waals surface area contributed by atoms with Gasteiger partial charge in [-0.2, -0.15) is 0 Å². The van der Waals surface area contributed by atoms with Crippen molar-refractivity contribution in [1.82, 2.24) is 4.90 Å². The Bertz CT molecular complexity index is 816. The standard InChI is InChI=1S/C22H27NO3/c1-11-12(2)19(25)21-22-7-8-23(10-13-3-4-13)15(17(11)22)9-14-5-6-16(24)20(26-21)18(14)22/h5-6,11-13,15,17,21,24H,3-4,7-10H2,1-2H3/t11-,12-,15+,17+,21+,22-/m0/s1. The molecule has 4 nitrogen and oxygen atoms in total. The maximum Gasteiger partial charge on any atom is 0.177 e. The van der Waals surface area contributed by atoms with Crippen molar-refractivity contribution in [3.05, 3.63) is 23.3 Å². The highest BCUT2D eigenvalue weighted by Gasteiger charge is 2.69. The predicted octanol–water partition coefficient (Wildman–Crippen LogP) is 2.90. The summed E-state index contributed by atoms with van der Waals surface area (Å²) in [6.07, 6.45) is 4.38. The average Bonchev–Trinajstić information content (AvgIpc) is 3.38. The van der Waals surface area contributed by atoms with E-state index in [1.807, 2.05) is 0 Å². The smallest absolute Gasteiger partial charge is 0.177 e. The van der Waals surface area contributed by atoms with Gasteiger partial charge in [0.05, 0.1) is 0 Å². The van der Waals surface area contributed by atoms with Crippen molar-refractivity contribution in [2.45, 2.75) is 57.1 Å². The minimum atomic E-state index is -0.397. The van der Waals surface area contributed by atoms with Crippen molar-refractivity contribution < 1.29 is 14.6 Å². The molecule has 4 heteroatoms. The number of carbonyl (C=O) groups is 1. The number of aromatic hydroxyl groups is 1. The SMILES string of the molecule is C[C@@H]1[C@@H]2[C@H]3Cc4ccc(O)c5c4[C@@]2(CCN3CC2CC2)[C@H](O5)C(=O)[C@H]1C. The molecule has 3 aliphatic carbocycles. The lowest BCUT2D eigenvalue weighted by atomic mass is 9.47. The van der Waals surface area contributed by atoms with Gasteiger partial charge in [0.2, 0.25) is 0 Å². The van der Waals surface area contributed by atoms with Gasteiger partial charge in [0.1, 0.15) is 0 Å². The summed E-state index contributed by atoms with van der Waals surface area (Å²) >= 11 is 0. The minimum Gasteiger partial charge on any atom is -0.504 e. The second kappa shape index (κ2) is 4.83. The Hall–Kier alpha value is -1.55. The molecule has 2 saturated carbocycles. The number of phenolic OH excluding ortho intramolecular Hbond substituents is 1. The number of benzene rings is 1. The van der Waals surface area contributed by atoms with E-state index in [0.29, 0.717) is 23.6 Å². The van der Waals surface area contributed by atoms with Crippen molar-refractivity contribution in [3.8, 4) is 11.5 Å². The Labute approximate surface area is 154 Å². The van der Waals surface area contributed by atoms with Crippen LogP contribution in [-0.2, 0) is 16.6 Å². The van der Waals surface area contributed by atoms with Crippen LogP contribution in [0.2, 0.25) is 0 Å². The fourth-order valence-electron chi connectivity index (χ4n) is 6.88. The van der Waals surface area contributed by atoms with Gasteiger partial charge in [-0.15, -0.1) is 0 Å². The third-order valence-electron chi connectivity index (χ3n) is 8.36. The van der Waals surface area contributed by atoms with Crippen LogP contribution in [0, 0.1) is 23.7 Å². The molecule has 2 bridgehead atoms. The Kier molecular flexibility index (Phi) is 2.88. The van der Waals surface area contributed by atoms with E-state index in [4.69, 9.17) is 4.74 Å². The van der Waals surface area contributed by atoms with Gasteiger partial charge in [-0.3, -0.25) is 9.69 Å². The first kappa shape index (κ1) is 15.5. The summed E-state index contributed by atoms with van der Waals surface area (Å²) < 4.78 is 6.25. The zero-order valence-electron chi connectivity index (χ0n) is 15.6. The van der Waals surface area contributed by atoms with Gasteiger partial charge in [0.25, 0.3) is 0 Å². The van der Waals surface area contributed by atoms with E-state index in [1.165, 1.54) is 30.5 Å². The lowest BCUT2D eigenvalue weighted by molar-refractivity contribution is -0.151. The molecular formula is C22H27NO3. The van der Waals surface area contributed by atoms with Gasteiger partial charge >= 0.3 is 0 Å². The third-order valence-corrected chi connectivity index (χ3v) is 8.36. The molecule has 3 fully saturated rings. The minimum absolute atomic E-state index is 0.0273. The lowest BCUT2D eigenvalue weighted by Crippen LogP contribution is -2.69. The second-order valence-electron chi connectivity index (χ2n) is 9.52. The molecule has 1 saturated heterocycles. The van der Waals surface area contributed by atoms with Crippen LogP contribution in [-0.4, -0.2) is 41.0 Å². The Morgan fingerprint density at radius 1 is 1.31 bits per heavy atom. The molecule has 1 spiro atoms. The molecular weight excluding hydrogens is 326 g/mol. The Morgan fingerprint density at radius 2 is 2.12 bits per heavy atom. The molecule has 0 unspecified atom stereocenters. The second-order valence-corrected chi connectivity index (χ2v) is 9.52. The molecule has 6 rings (SSSR count). The molecule has 0 aromatic heterocycles. The van der Waals surface area contributed by atoms with Crippen molar-refractivity contribution in [1.29, 1.82) is 0 Å². The van der Waals surface area contributed by atoms with Crippen LogP contribution in [0.25, 0.3) is 0 Å². The highest BCUT2D eigenvalue weighted by atomic mass is 16.5. The van der Waals surface area contributed by atoms with Crippen LogP contribution in [0.15, 0.2) is 12.1 Å². The number of hydrogen-bond donors (Lipinski definition) is 1. The van der Waals surface area contributed by atoms with E-state index in [-0.39, 0.29) is 22.9 Å². The van der Waals surface area contributed by atoms with Crippen molar-refractivity contribution >= 4 is 5.78 Å². The monoisotopic (exact) mass is 353 g/mol. The molecule has 1 aromatic carbocycles. The molecule has 5 aliphatic rings. The summed E-state index contributed by atoms with van der Waals surface area (Å²) in [5.74, 6) is 2.78. The topological polar surface area (TPSA) is 49.8 Å². The number of ether oxygens (including phenoxy) is 1. The normalized spacial score (nSPS) is 43.2. The highest BCUT2D eigenvalue weighted by molar-refractivity contribution is 5.91. The zero-order chi connectivity index (χ0) is 17.8. The van der Waals surface area contributed by atoms with Crippen molar-refractivity contribution in [2.24, 2.45) is 23.7 Å². The maximum absolute atomic E-state index is 13.2. The number of carbonyl (C=O) groups excluding carboxylic acids is 1. The summed E-state index contributed by atoms with van der Waals surface area (Å²) in [4.78, 5) is 16.0. The van der Waals surface area contributed by atoms with Crippen LogP contribution in [0.4, 0.5) is 0 Å². The number of rotatable bonds is 2. The van der Waals surface area contributed by atoms with Gasteiger partial charge in [0, 0.05) is 29.5 Å². The molecule has 1 aromatic rings. The molecule has 1 N–H and O–H groups in total. The first-order valence-electron chi connectivity index (χ1n) is 10.3. The Balaban J connectivity index is 1.56. The fraction of sp³-hybridized carbons (Fsp3) is 0.682. The largest absolute Gasteiger partial charge is 0.504 e. The molecule has 2 aliphatic heterocycles. The highest BCUT2D eigenvalue weighted by Crippen LogP contribution is 2.65. The number of phenols is 1. The molecule has 2 heterocycles. The van der Waals surface area contributed by atoms with E-state index in [9.17, 15) is 9.90 Å². The van der Waals surface area contributed by atoms with Gasteiger partial charge in [-0.1, -0.05) is 19.9 Å². The van der Waals surface area contributed by atoms with Gasteiger partial charge < -0.3 is 9.84 Å². The van der Waals surface area contributed by atoms with Crippen LogP contribution in [0.5, 0.6) is 11.5 Å². The lowest BCUT2D eigenvalue weighted by Gasteiger charge is -2.61. The van der Waals surface area contributed by atoms with Crippen LogP contribution in [0.1, 0.15) is 44.2 Å². The quantitative estimate of drug-likeness (QED) is 0.888. The molecule has 138 valence electrons. The van der Waals surface area contributed by atoms with Crippen molar-refractivity contribution in [2.75, 3.05) is 13.1 Å². The molecule has 0 radical (unpaired) electrons. The van der Waals surface area contributed by atoms with Crippen molar-refractivity contribution in [3.63, 3.8) is 0 Å². The van der Waals surface area contributed by atoms with Crippen LogP contribution >= 0.6 is 0 Å². The molecule has 26 heavy (non-hydrogen) atoms. The summed E-state index contributed by atoms with van der Waals surface area (Å²) in [6, 6.07) is 4.35. The number of hydrogen-bond acceptors (Lipinski definition) is 4.